The number of carbonyl (C=O) groups is 2. The molecule has 2 unspecified atom stereocenters. The first-order valence-electron chi connectivity index (χ1n) is 10.1. The minimum Gasteiger partial charge on any atom is -0.352 e. The zero-order chi connectivity index (χ0) is 23.0. The molecule has 0 aliphatic heterocycles. The molecule has 0 aromatic heterocycles. The summed E-state index contributed by atoms with van der Waals surface area (Å²) in [5.74, 6) is -0.390. The van der Waals surface area contributed by atoms with Gasteiger partial charge in [-0.15, -0.1) is 11.8 Å². The quantitative estimate of drug-likeness (QED) is 0.423. The van der Waals surface area contributed by atoms with Crippen LogP contribution in [0.25, 0.3) is 0 Å². The lowest BCUT2D eigenvalue weighted by Crippen LogP contribution is -2.50. The molecule has 0 fully saturated rings. The van der Waals surface area contributed by atoms with Crippen molar-refractivity contribution in [1.29, 1.82) is 0 Å². The lowest BCUT2D eigenvalue weighted by molar-refractivity contribution is -0.138. The van der Waals surface area contributed by atoms with Crippen molar-refractivity contribution in [3.63, 3.8) is 0 Å². The molecule has 0 bridgehead atoms. The van der Waals surface area contributed by atoms with Crippen molar-refractivity contribution >= 4 is 51.1 Å². The largest absolute Gasteiger partial charge is 0.352 e. The number of benzene rings is 2. The predicted octanol–water partition coefficient (Wildman–Crippen LogP) is 5.81. The number of rotatable bonds is 10. The summed E-state index contributed by atoms with van der Waals surface area (Å²) in [5, 5.41) is 3.28. The van der Waals surface area contributed by atoms with Crippen LogP contribution in [0.1, 0.15) is 38.3 Å². The van der Waals surface area contributed by atoms with Crippen LogP contribution in [0.2, 0.25) is 5.02 Å². The third-order valence-corrected chi connectivity index (χ3v) is 6.74. The summed E-state index contributed by atoms with van der Waals surface area (Å²) in [4.78, 5) is 27.4. The molecule has 0 aliphatic carbocycles. The Balaban J connectivity index is 2.12. The highest BCUT2D eigenvalue weighted by molar-refractivity contribution is 9.10. The molecule has 0 radical (unpaired) electrons. The molecule has 0 saturated heterocycles. The Morgan fingerprint density at radius 2 is 1.94 bits per heavy atom. The lowest BCUT2D eigenvalue weighted by Gasteiger charge is -2.29. The van der Waals surface area contributed by atoms with Gasteiger partial charge in [0.15, 0.2) is 0 Å². The van der Waals surface area contributed by atoms with Crippen LogP contribution in [-0.2, 0) is 21.9 Å². The first-order chi connectivity index (χ1) is 14.7. The Hall–Kier alpha value is -1.57. The molecule has 0 spiro atoms. The van der Waals surface area contributed by atoms with Gasteiger partial charge in [-0.05, 0) is 50.1 Å². The van der Waals surface area contributed by atoms with E-state index >= 15 is 0 Å². The number of nitrogens with one attached hydrogen (secondary N) is 1. The second-order valence-corrected chi connectivity index (χ2v) is 9.65. The molecule has 0 heterocycles. The lowest BCUT2D eigenvalue weighted by atomic mass is 10.1. The summed E-state index contributed by atoms with van der Waals surface area (Å²) in [6.07, 6.45) is 0.803. The molecule has 1 N–H and O–H groups in total. The molecule has 2 atom stereocenters. The van der Waals surface area contributed by atoms with Gasteiger partial charge in [0.2, 0.25) is 11.8 Å². The van der Waals surface area contributed by atoms with Gasteiger partial charge < -0.3 is 10.2 Å². The summed E-state index contributed by atoms with van der Waals surface area (Å²) < 4.78 is 14.9. The number of nitrogens with zero attached hydrogens (tertiary/aromatic N) is 1. The van der Waals surface area contributed by atoms with E-state index in [-0.39, 0.29) is 35.2 Å². The number of hydrogen-bond acceptors (Lipinski definition) is 3. The van der Waals surface area contributed by atoms with E-state index in [0.29, 0.717) is 17.1 Å². The standard InChI is InChI=1S/C23H27BrClFN2O2S/c1-4-15(2)27-23(30)16(3)28(12-17-7-5-8-18(24)11-17)22(29)14-31-13-19-20(25)9-6-10-21(19)26/h5-11,15-16H,4,12-14H2,1-3H3,(H,27,30). The van der Waals surface area contributed by atoms with E-state index in [0.717, 1.165) is 16.5 Å². The fourth-order valence-corrected chi connectivity index (χ4v) is 4.57. The van der Waals surface area contributed by atoms with Crippen molar-refractivity contribution in [2.24, 2.45) is 0 Å². The summed E-state index contributed by atoms with van der Waals surface area (Å²) in [5.41, 5.74) is 1.29. The fourth-order valence-electron chi connectivity index (χ4n) is 2.87. The molecule has 8 heteroatoms. The highest BCUT2D eigenvalue weighted by Gasteiger charge is 2.26. The average Bonchev–Trinajstić information content (AvgIpc) is 2.73. The van der Waals surface area contributed by atoms with E-state index in [1.165, 1.54) is 17.8 Å². The fraction of sp³-hybridized carbons (Fsp3) is 0.391. The van der Waals surface area contributed by atoms with Crippen LogP contribution >= 0.6 is 39.3 Å². The highest BCUT2D eigenvalue weighted by Crippen LogP contribution is 2.24. The van der Waals surface area contributed by atoms with Crippen molar-refractivity contribution in [3.05, 3.63) is 68.9 Å². The Labute approximate surface area is 201 Å². The van der Waals surface area contributed by atoms with Crippen molar-refractivity contribution in [1.82, 2.24) is 10.2 Å². The van der Waals surface area contributed by atoms with E-state index in [9.17, 15) is 14.0 Å². The van der Waals surface area contributed by atoms with Crippen molar-refractivity contribution < 1.29 is 14.0 Å². The highest BCUT2D eigenvalue weighted by atomic mass is 79.9. The summed E-state index contributed by atoms with van der Waals surface area (Å²) in [7, 11) is 0. The molecule has 168 valence electrons. The van der Waals surface area contributed by atoms with Crippen molar-refractivity contribution in [2.45, 2.75) is 51.6 Å². The molecule has 2 rings (SSSR count). The first-order valence-corrected chi connectivity index (χ1v) is 12.4. The van der Waals surface area contributed by atoms with Crippen LogP contribution < -0.4 is 5.32 Å². The molecule has 31 heavy (non-hydrogen) atoms. The molecule has 4 nitrogen and oxygen atoms in total. The van der Waals surface area contributed by atoms with Gasteiger partial charge in [-0.1, -0.05) is 52.7 Å². The van der Waals surface area contributed by atoms with Crippen LogP contribution in [0.15, 0.2) is 46.9 Å². The Morgan fingerprint density at radius 1 is 1.23 bits per heavy atom. The number of halogens is 3. The van der Waals surface area contributed by atoms with Gasteiger partial charge in [0.1, 0.15) is 11.9 Å². The van der Waals surface area contributed by atoms with Gasteiger partial charge >= 0.3 is 0 Å². The van der Waals surface area contributed by atoms with Crippen LogP contribution in [0, 0.1) is 5.82 Å². The van der Waals surface area contributed by atoms with Crippen LogP contribution in [-0.4, -0.2) is 34.6 Å². The smallest absolute Gasteiger partial charge is 0.242 e. The number of amides is 2. The molecule has 0 saturated carbocycles. The van der Waals surface area contributed by atoms with E-state index in [2.05, 4.69) is 21.2 Å². The molecule has 0 aliphatic rings. The zero-order valence-corrected chi connectivity index (χ0v) is 21.0. The van der Waals surface area contributed by atoms with E-state index in [1.54, 1.807) is 24.0 Å². The van der Waals surface area contributed by atoms with E-state index in [4.69, 9.17) is 11.6 Å². The minimum atomic E-state index is -0.641. The van der Waals surface area contributed by atoms with Gasteiger partial charge in [0, 0.05) is 33.4 Å². The van der Waals surface area contributed by atoms with Crippen molar-refractivity contribution in [2.75, 3.05) is 5.75 Å². The second-order valence-electron chi connectivity index (χ2n) is 7.34. The van der Waals surface area contributed by atoms with Gasteiger partial charge in [-0.2, -0.15) is 0 Å². The third-order valence-electron chi connectivity index (χ3n) is 4.94. The van der Waals surface area contributed by atoms with E-state index in [1.807, 2.05) is 38.1 Å². The monoisotopic (exact) mass is 528 g/mol. The molecule has 2 aromatic carbocycles. The first kappa shape index (κ1) is 25.7. The Morgan fingerprint density at radius 3 is 2.58 bits per heavy atom. The maximum Gasteiger partial charge on any atom is 0.242 e. The van der Waals surface area contributed by atoms with Gasteiger partial charge in [0.25, 0.3) is 0 Å². The number of hydrogen-bond donors (Lipinski definition) is 1. The SMILES string of the molecule is CCC(C)NC(=O)C(C)N(Cc1cccc(Br)c1)C(=O)CSCc1c(F)cccc1Cl. The normalized spacial score (nSPS) is 12.8. The van der Waals surface area contributed by atoms with Gasteiger partial charge in [-0.25, -0.2) is 4.39 Å². The van der Waals surface area contributed by atoms with Crippen LogP contribution in [0.4, 0.5) is 4.39 Å². The molecule has 2 amide bonds. The second kappa shape index (κ2) is 12.5. The van der Waals surface area contributed by atoms with Gasteiger partial charge in [0.05, 0.1) is 5.75 Å². The Bertz CT molecular complexity index is 895. The third kappa shape index (κ3) is 7.81. The molecule has 2 aromatic rings. The number of thioether (sulfide) groups is 1. The summed E-state index contributed by atoms with van der Waals surface area (Å²) in [6.45, 7) is 5.95. The maximum atomic E-state index is 14.0. The number of carbonyl (C=O) groups excluding carboxylic acids is 2. The summed E-state index contributed by atoms with van der Waals surface area (Å²) >= 11 is 10.8. The topological polar surface area (TPSA) is 49.4 Å². The van der Waals surface area contributed by atoms with Gasteiger partial charge in [-0.3, -0.25) is 9.59 Å². The average molecular weight is 530 g/mol. The van der Waals surface area contributed by atoms with Crippen molar-refractivity contribution in [3.8, 4) is 0 Å². The Kier molecular flexibility index (Phi) is 10.3. The van der Waals surface area contributed by atoms with E-state index < -0.39 is 6.04 Å². The minimum absolute atomic E-state index is 0.0235. The maximum absolute atomic E-state index is 14.0. The van der Waals surface area contributed by atoms with Crippen LogP contribution in [0.3, 0.4) is 0 Å². The predicted molar refractivity (Wildman–Crippen MR) is 130 cm³/mol. The molecular weight excluding hydrogens is 503 g/mol. The van der Waals surface area contributed by atoms with Crippen LogP contribution in [0.5, 0.6) is 0 Å². The summed E-state index contributed by atoms with van der Waals surface area (Å²) in [6, 6.07) is 11.5. The molecular formula is C23H27BrClFN2O2S. The zero-order valence-electron chi connectivity index (χ0n) is 17.8.